The summed E-state index contributed by atoms with van der Waals surface area (Å²) in [6.07, 6.45) is 2.43. The predicted molar refractivity (Wildman–Crippen MR) is 80.8 cm³/mol. The maximum Gasteiger partial charge on any atom is 0.246 e. The average Bonchev–Trinajstić information content (AvgIpc) is 3.27. The Morgan fingerprint density at radius 1 is 1.38 bits per heavy atom. The number of methoxy groups -OCH3 is 1. The van der Waals surface area contributed by atoms with Crippen molar-refractivity contribution in [1.82, 2.24) is 4.31 Å². The van der Waals surface area contributed by atoms with Gasteiger partial charge >= 0.3 is 0 Å². The molecule has 1 aliphatic rings. The van der Waals surface area contributed by atoms with Crippen LogP contribution in [0, 0.1) is 5.92 Å². The molecule has 1 aromatic rings. The molecule has 7 heteroatoms. The quantitative estimate of drug-likeness (QED) is 0.578. The highest BCUT2D eigenvalue weighted by Gasteiger charge is 2.25. The molecule has 0 aromatic heterocycles. The van der Waals surface area contributed by atoms with Crippen LogP contribution in [0.2, 0.25) is 0 Å². The fraction of sp³-hybridized carbons (Fsp3) is 0.571. The first-order chi connectivity index (χ1) is 9.95. The molecule has 0 aliphatic heterocycles. The number of benzene rings is 1. The molecule has 0 unspecified atom stereocenters. The van der Waals surface area contributed by atoms with Crippen LogP contribution in [0.25, 0.3) is 0 Å². The van der Waals surface area contributed by atoms with Gasteiger partial charge in [-0.1, -0.05) is 0 Å². The number of ether oxygens (including phenoxy) is 2. The standard InChI is InChI=1S/C14H22N2O4S/c1-16(7-8-20-10-11-3-4-11)21(17,18)14-9-12(15)5-6-13(14)19-2/h5-6,9,11H,3-4,7-8,10,15H2,1-2H3. The number of nitrogen functional groups attached to an aromatic ring is 1. The van der Waals surface area contributed by atoms with Gasteiger partial charge in [0.1, 0.15) is 10.6 Å². The van der Waals surface area contributed by atoms with E-state index in [1.807, 2.05) is 0 Å². The summed E-state index contributed by atoms with van der Waals surface area (Å²) in [5.74, 6) is 0.955. The molecule has 1 aliphatic carbocycles. The molecule has 1 fully saturated rings. The summed E-state index contributed by atoms with van der Waals surface area (Å²) in [5.41, 5.74) is 6.06. The maximum atomic E-state index is 12.5. The third-order valence-corrected chi connectivity index (χ3v) is 5.35. The number of rotatable bonds is 8. The summed E-state index contributed by atoms with van der Waals surface area (Å²) >= 11 is 0. The normalized spacial score (nSPS) is 15.4. The van der Waals surface area contributed by atoms with Gasteiger partial charge in [0.05, 0.1) is 13.7 Å². The maximum absolute atomic E-state index is 12.5. The lowest BCUT2D eigenvalue weighted by atomic mass is 10.3. The highest BCUT2D eigenvalue weighted by Crippen LogP contribution is 2.29. The smallest absolute Gasteiger partial charge is 0.246 e. The topological polar surface area (TPSA) is 81.9 Å². The van der Waals surface area contributed by atoms with Crippen LogP contribution < -0.4 is 10.5 Å². The second-order valence-electron chi connectivity index (χ2n) is 5.26. The molecular formula is C14H22N2O4S. The summed E-state index contributed by atoms with van der Waals surface area (Å²) in [4.78, 5) is 0.0784. The minimum atomic E-state index is -3.64. The van der Waals surface area contributed by atoms with Crippen LogP contribution in [0.15, 0.2) is 23.1 Å². The first-order valence-corrected chi connectivity index (χ1v) is 8.36. The van der Waals surface area contributed by atoms with Gasteiger partial charge in [0, 0.05) is 25.9 Å². The Labute approximate surface area is 125 Å². The number of nitrogens with two attached hydrogens (primary N) is 1. The van der Waals surface area contributed by atoms with E-state index in [0.717, 1.165) is 6.61 Å². The van der Waals surface area contributed by atoms with Gasteiger partial charge < -0.3 is 15.2 Å². The van der Waals surface area contributed by atoms with Crippen molar-refractivity contribution in [2.45, 2.75) is 17.7 Å². The van der Waals surface area contributed by atoms with E-state index < -0.39 is 10.0 Å². The van der Waals surface area contributed by atoms with E-state index >= 15 is 0 Å². The zero-order valence-corrected chi connectivity index (χ0v) is 13.2. The SMILES string of the molecule is COc1ccc(N)cc1S(=O)(=O)N(C)CCOCC1CC1. The lowest BCUT2D eigenvalue weighted by Gasteiger charge is -2.19. The van der Waals surface area contributed by atoms with Gasteiger partial charge in [-0.25, -0.2) is 8.42 Å². The molecule has 118 valence electrons. The highest BCUT2D eigenvalue weighted by atomic mass is 32.2. The zero-order valence-electron chi connectivity index (χ0n) is 12.4. The fourth-order valence-electron chi connectivity index (χ4n) is 1.91. The largest absolute Gasteiger partial charge is 0.495 e. The van der Waals surface area contributed by atoms with Crippen molar-refractivity contribution in [3.63, 3.8) is 0 Å². The monoisotopic (exact) mass is 314 g/mol. The lowest BCUT2D eigenvalue weighted by Crippen LogP contribution is -2.30. The Kier molecular flexibility index (Phi) is 5.08. The molecule has 6 nitrogen and oxygen atoms in total. The van der Waals surface area contributed by atoms with Crippen molar-refractivity contribution < 1.29 is 17.9 Å². The van der Waals surface area contributed by atoms with Crippen molar-refractivity contribution in [3.8, 4) is 5.75 Å². The van der Waals surface area contributed by atoms with Crippen LogP contribution in [0.3, 0.4) is 0 Å². The Balaban J connectivity index is 2.03. The van der Waals surface area contributed by atoms with E-state index in [-0.39, 0.29) is 10.6 Å². The molecule has 1 saturated carbocycles. The number of likely N-dealkylation sites (N-methyl/N-ethyl adjacent to an activating group) is 1. The van der Waals surface area contributed by atoms with E-state index in [4.69, 9.17) is 15.2 Å². The van der Waals surface area contributed by atoms with Crippen LogP contribution in [-0.4, -0.2) is 46.6 Å². The first-order valence-electron chi connectivity index (χ1n) is 6.92. The molecule has 0 saturated heterocycles. The third kappa shape index (κ3) is 4.09. The molecule has 0 amide bonds. The summed E-state index contributed by atoms with van der Waals surface area (Å²) in [6.45, 7) is 1.40. The number of hydrogen-bond donors (Lipinski definition) is 1. The van der Waals surface area contributed by atoms with Gasteiger partial charge in [0.2, 0.25) is 10.0 Å². The first kappa shape index (κ1) is 16.1. The van der Waals surface area contributed by atoms with E-state index in [1.165, 1.54) is 37.4 Å². The Hall–Kier alpha value is -1.31. The van der Waals surface area contributed by atoms with Crippen molar-refractivity contribution in [1.29, 1.82) is 0 Å². The minimum Gasteiger partial charge on any atom is -0.495 e. The minimum absolute atomic E-state index is 0.0784. The van der Waals surface area contributed by atoms with Crippen molar-refractivity contribution in [2.75, 3.05) is 39.6 Å². The number of anilines is 1. The van der Waals surface area contributed by atoms with Gasteiger partial charge in [-0.05, 0) is 37.0 Å². The van der Waals surface area contributed by atoms with Gasteiger partial charge in [-0.15, -0.1) is 0 Å². The van der Waals surface area contributed by atoms with E-state index in [0.29, 0.717) is 24.8 Å². The zero-order chi connectivity index (χ0) is 15.5. The third-order valence-electron chi connectivity index (χ3n) is 3.48. The molecule has 1 aromatic carbocycles. The van der Waals surface area contributed by atoms with Gasteiger partial charge in [0.25, 0.3) is 0 Å². The van der Waals surface area contributed by atoms with E-state index in [1.54, 1.807) is 12.1 Å². The van der Waals surface area contributed by atoms with Gasteiger partial charge in [-0.3, -0.25) is 0 Å². The van der Waals surface area contributed by atoms with Crippen molar-refractivity contribution >= 4 is 15.7 Å². The Bertz CT molecular complexity index is 585. The number of nitrogens with zero attached hydrogens (tertiary/aromatic N) is 1. The van der Waals surface area contributed by atoms with E-state index in [2.05, 4.69) is 0 Å². The van der Waals surface area contributed by atoms with Gasteiger partial charge in [-0.2, -0.15) is 4.31 Å². The Morgan fingerprint density at radius 2 is 2.10 bits per heavy atom. The molecule has 0 bridgehead atoms. The summed E-state index contributed by atoms with van der Waals surface area (Å²) in [7, 11) is -0.681. The predicted octanol–water partition coefficient (Wildman–Crippen LogP) is 1.32. The van der Waals surface area contributed by atoms with Gasteiger partial charge in [0.15, 0.2) is 0 Å². The summed E-state index contributed by atoms with van der Waals surface area (Å²) in [5, 5.41) is 0. The lowest BCUT2D eigenvalue weighted by molar-refractivity contribution is 0.117. The van der Waals surface area contributed by atoms with Crippen LogP contribution in [0.4, 0.5) is 5.69 Å². The molecular weight excluding hydrogens is 292 g/mol. The summed E-state index contributed by atoms with van der Waals surface area (Å²) in [6, 6.07) is 4.58. The number of sulfonamides is 1. The average molecular weight is 314 g/mol. The van der Waals surface area contributed by atoms with Crippen LogP contribution in [0.5, 0.6) is 5.75 Å². The molecule has 21 heavy (non-hydrogen) atoms. The van der Waals surface area contributed by atoms with Crippen molar-refractivity contribution in [2.24, 2.45) is 5.92 Å². The van der Waals surface area contributed by atoms with E-state index in [9.17, 15) is 8.42 Å². The molecule has 0 heterocycles. The molecule has 0 spiro atoms. The van der Waals surface area contributed by atoms with Crippen LogP contribution in [-0.2, 0) is 14.8 Å². The fourth-order valence-corrected chi connectivity index (χ4v) is 3.25. The molecule has 2 rings (SSSR count). The van der Waals surface area contributed by atoms with Crippen LogP contribution in [0.1, 0.15) is 12.8 Å². The highest BCUT2D eigenvalue weighted by molar-refractivity contribution is 7.89. The summed E-state index contributed by atoms with van der Waals surface area (Å²) < 4.78 is 36.9. The molecule has 2 N–H and O–H groups in total. The molecule has 0 atom stereocenters. The second-order valence-corrected chi connectivity index (χ2v) is 7.27. The Morgan fingerprint density at radius 3 is 2.71 bits per heavy atom. The molecule has 0 radical (unpaired) electrons. The second kappa shape index (κ2) is 6.64. The van der Waals surface area contributed by atoms with Crippen LogP contribution >= 0.6 is 0 Å². The van der Waals surface area contributed by atoms with Crippen molar-refractivity contribution in [3.05, 3.63) is 18.2 Å². The number of hydrogen-bond acceptors (Lipinski definition) is 5.